The number of hydrogen-bond acceptors (Lipinski definition) is 2. The van der Waals surface area contributed by atoms with Crippen LogP contribution in [0.25, 0.3) is 0 Å². The molecule has 0 heterocycles. The molecule has 0 fully saturated rings. The molecule has 0 aromatic heterocycles. The van der Waals surface area contributed by atoms with Crippen molar-refractivity contribution in [2.24, 2.45) is 5.73 Å². The average molecular weight is 197 g/mol. The van der Waals surface area contributed by atoms with Gasteiger partial charge < -0.3 is 5.73 Å². The van der Waals surface area contributed by atoms with Crippen molar-refractivity contribution in [1.29, 1.82) is 0 Å². The molecule has 1 rings (SSSR count). The topological polar surface area (TPSA) is 43.1 Å². The van der Waals surface area contributed by atoms with Crippen LogP contribution in [0.15, 0.2) is 35.2 Å². The van der Waals surface area contributed by atoms with E-state index >= 15 is 0 Å². The standard InChI is InChI=1S/C10H15NOS/c1-2-6-10(11)13(12)9-7-4-3-5-8-9/h3-5,7-8,10H,2,6,11H2,1H3. The van der Waals surface area contributed by atoms with E-state index in [1.807, 2.05) is 37.3 Å². The molecule has 0 bridgehead atoms. The van der Waals surface area contributed by atoms with Crippen molar-refractivity contribution in [2.75, 3.05) is 0 Å². The van der Waals surface area contributed by atoms with Gasteiger partial charge in [-0.3, -0.25) is 4.21 Å². The average Bonchev–Trinajstić information content (AvgIpc) is 2.18. The molecule has 1 aromatic carbocycles. The zero-order valence-electron chi connectivity index (χ0n) is 7.77. The van der Waals surface area contributed by atoms with E-state index in [1.165, 1.54) is 0 Å². The Morgan fingerprint density at radius 2 is 2.00 bits per heavy atom. The van der Waals surface area contributed by atoms with E-state index in [2.05, 4.69) is 0 Å². The third-order valence-corrected chi connectivity index (χ3v) is 3.35. The van der Waals surface area contributed by atoms with Crippen molar-refractivity contribution in [3.63, 3.8) is 0 Å². The quantitative estimate of drug-likeness (QED) is 0.801. The fourth-order valence-electron chi connectivity index (χ4n) is 1.12. The van der Waals surface area contributed by atoms with Gasteiger partial charge in [-0.05, 0) is 18.6 Å². The van der Waals surface area contributed by atoms with Crippen LogP contribution in [-0.4, -0.2) is 9.58 Å². The zero-order chi connectivity index (χ0) is 9.68. The maximum atomic E-state index is 11.7. The Hall–Kier alpha value is -0.670. The normalized spacial score (nSPS) is 15.2. The molecule has 13 heavy (non-hydrogen) atoms. The van der Waals surface area contributed by atoms with Crippen LogP contribution in [0.1, 0.15) is 19.8 Å². The van der Waals surface area contributed by atoms with Crippen LogP contribution in [0.3, 0.4) is 0 Å². The van der Waals surface area contributed by atoms with E-state index in [1.54, 1.807) is 0 Å². The van der Waals surface area contributed by atoms with Crippen molar-refractivity contribution >= 4 is 10.8 Å². The largest absolute Gasteiger partial charge is 0.317 e. The monoisotopic (exact) mass is 197 g/mol. The molecule has 2 atom stereocenters. The van der Waals surface area contributed by atoms with Crippen LogP contribution in [-0.2, 0) is 10.8 Å². The van der Waals surface area contributed by atoms with Gasteiger partial charge in [-0.25, -0.2) is 0 Å². The molecule has 2 nitrogen and oxygen atoms in total. The van der Waals surface area contributed by atoms with Gasteiger partial charge in [0.2, 0.25) is 0 Å². The SMILES string of the molecule is CCCC(N)S(=O)c1ccccc1. The molecule has 0 saturated heterocycles. The van der Waals surface area contributed by atoms with Crippen LogP contribution in [0.2, 0.25) is 0 Å². The first kappa shape index (κ1) is 10.4. The van der Waals surface area contributed by atoms with Gasteiger partial charge in [0.05, 0.1) is 16.2 Å². The van der Waals surface area contributed by atoms with Crippen LogP contribution in [0.4, 0.5) is 0 Å². The highest BCUT2D eigenvalue weighted by atomic mass is 32.2. The lowest BCUT2D eigenvalue weighted by molar-refractivity contribution is 0.656. The van der Waals surface area contributed by atoms with Crippen LogP contribution < -0.4 is 5.73 Å². The van der Waals surface area contributed by atoms with Crippen molar-refractivity contribution in [1.82, 2.24) is 0 Å². The first-order chi connectivity index (χ1) is 6.25. The van der Waals surface area contributed by atoms with Crippen molar-refractivity contribution in [2.45, 2.75) is 30.0 Å². The third-order valence-electron chi connectivity index (χ3n) is 1.82. The molecule has 0 amide bonds. The predicted molar refractivity (Wildman–Crippen MR) is 55.7 cm³/mol. The lowest BCUT2D eigenvalue weighted by Crippen LogP contribution is -2.25. The summed E-state index contributed by atoms with van der Waals surface area (Å²) in [7, 11) is -1.05. The second-order valence-corrected chi connectivity index (χ2v) is 4.61. The Bertz CT molecular complexity index is 274. The summed E-state index contributed by atoms with van der Waals surface area (Å²) in [4.78, 5) is 0.823. The third kappa shape index (κ3) is 2.94. The molecular formula is C10H15NOS. The summed E-state index contributed by atoms with van der Waals surface area (Å²) in [5.41, 5.74) is 5.76. The Labute approximate surface area is 81.6 Å². The van der Waals surface area contributed by atoms with Gasteiger partial charge in [-0.1, -0.05) is 31.5 Å². The second-order valence-electron chi connectivity index (χ2n) is 2.94. The number of benzene rings is 1. The molecule has 2 N–H and O–H groups in total. The summed E-state index contributed by atoms with van der Waals surface area (Å²) >= 11 is 0. The van der Waals surface area contributed by atoms with E-state index in [4.69, 9.17) is 5.73 Å². The summed E-state index contributed by atoms with van der Waals surface area (Å²) in [5.74, 6) is 0. The van der Waals surface area contributed by atoms with Crippen LogP contribution in [0, 0.1) is 0 Å². The summed E-state index contributed by atoms with van der Waals surface area (Å²) in [5, 5.41) is -0.229. The van der Waals surface area contributed by atoms with Gasteiger partial charge in [-0.15, -0.1) is 0 Å². The maximum Gasteiger partial charge on any atom is 0.0857 e. The Morgan fingerprint density at radius 3 is 2.54 bits per heavy atom. The minimum absolute atomic E-state index is 0.229. The lowest BCUT2D eigenvalue weighted by atomic mass is 10.3. The molecule has 72 valence electrons. The van der Waals surface area contributed by atoms with Crippen molar-refractivity contribution < 1.29 is 4.21 Å². The van der Waals surface area contributed by atoms with Crippen LogP contribution in [0.5, 0.6) is 0 Å². The number of nitrogens with two attached hydrogens (primary N) is 1. The maximum absolute atomic E-state index is 11.7. The number of rotatable bonds is 4. The molecule has 0 spiro atoms. The molecule has 0 aliphatic carbocycles. The number of hydrogen-bond donors (Lipinski definition) is 1. The Balaban J connectivity index is 2.68. The predicted octanol–water partition coefficient (Wildman–Crippen LogP) is 1.88. The molecule has 0 aliphatic rings. The molecule has 0 radical (unpaired) electrons. The van der Waals surface area contributed by atoms with E-state index in [-0.39, 0.29) is 5.37 Å². The summed E-state index contributed by atoms with van der Waals surface area (Å²) in [6, 6.07) is 9.38. The fraction of sp³-hybridized carbons (Fsp3) is 0.400. The second kappa shape index (κ2) is 5.14. The first-order valence-corrected chi connectivity index (χ1v) is 5.68. The summed E-state index contributed by atoms with van der Waals surface area (Å²) < 4.78 is 11.7. The highest BCUT2D eigenvalue weighted by Crippen LogP contribution is 2.10. The minimum Gasteiger partial charge on any atom is -0.317 e. The van der Waals surface area contributed by atoms with Gasteiger partial charge >= 0.3 is 0 Å². The highest BCUT2D eigenvalue weighted by molar-refractivity contribution is 7.85. The van der Waals surface area contributed by atoms with Gasteiger partial charge in [0.1, 0.15) is 0 Å². The molecule has 2 unspecified atom stereocenters. The molecular weight excluding hydrogens is 182 g/mol. The summed E-state index contributed by atoms with van der Waals surface area (Å²) in [6.45, 7) is 2.04. The Kier molecular flexibility index (Phi) is 4.12. The molecule has 0 aliphatic heterocycles. The fourth-order valence-corrected chi connectivity index (χ4v) is 2.35. The van der Waals surface area contributed by atoms with E-state index in [0.717, 1.165) is 17.7 Å². The minimum atomic E-state index is -1.05. The van der Waals surface area contributed by atoms with E-state index < -0.39 is 10.8 Å². The first-order valence-electron chi connectivity index (χ1n) is 4.47. The van der Waals surface area contributed by atoms with E-state index in [9.17, 15) is 4.21 Å². The smallest absolute Gasteiger partial charge is 0.0857 e. The van der Waals surface area contributed by atoms with Gasteiger partial charge in [-0.2, -0.15) is 0 Å². The van der Waals surface area contributed by atoms with Crippen molar-refractivity contribution in [3.8, 4) is 0 Å². The summed E-state index contributed by atoms with van der Waals surface area (Å²) in [6.07, 6.45) is 1.78. The Morgan fingerprint density at radius 1 is 1.38 bits per heavy atom. The van der Waals surface area contributed by atoms with Crippen molar-refractivity contribution in [3.05, 3.63) is 30.3 Å². The van der Waals surface area contributed by atoms with Gasteiger partial charge in [0, 0.05) is 4.90 Å². The lowest BCUT2D eigenvalue weighted by Gasteiger charge is -2.09. The van der Waals surface area contributed by atoms with Gasteiger partial charge in [0.25, 0.3) is 0 Å². The van der Waals surface area contributed by atoms with Crippen LogP contribution >= 0.6 is 0 Å². The molecule has 3 heteroatoms. The zero-order valence-corrected chi connectivity index (χ0v) is 8.59. The van der Waals surface area contributed by atoms with E-state index in [0.29, 0.717) is 0 Å². The van der Waals surface area contributed by atoms with Gasteiger partial charge in [0.15, 0.2) is 0 Å². The molecule has 0 saturated carbocycles. The molecule has 1 aromatic rings. The highest BCUT2D eigenvalue weighted by Gasteiger charge is 2.11.